The van der Waals surface area contributed by atoms with Crippen molar-refractivity contribution in [2.75, 3.05) is 7.05 Å². The molecule has 0 spiro atoms. The minimum atomic E-state index is -0.458. The zero-order chi connectivity index (χ0) is 9.68. The number of carbonyl (C=O) groups is 1. The van der Waals surface area contributed by atoms with Crippen molar-refractivity contribution in [1.82, 2.24) is 5.32 Å². The van der Waals surface area contributed by atoms with Crippen LogP contribution in [0.5, 0.6) is 0 Å². The summed E-state index contributed by atoms with van der Waals surface area (Å²) >= 11 is 5.84. The standard InChI is InChI=1S/C9H10ClNO2/c1-11-9(12)13-6-7-4-2-3-5-8(7)10/h2-5H,6H2,1H3,(H,11,12). The first-order valence-corrected chi connectivity index (χ1v) is 4.19. The molecule has 0 aliphatic rings. The second kappa shape index (κ2) is 4.72. The molecule has 0 aromatic heterocycles. The second-order valence-corrected chi connectivity index (χ2v) is 2.82. The molecule has 0 fully saturated rings. The molecule has 0 aliphatic heterocycles. The fraction of sp³-hybridized carbons (Fsp3) is 0.222. The number of hydrogen-bond donors (Lipinski definition) is 1. The van der Waals surface area contributed by atoms with Crippen LogP contribution in [-0.2, 0) is 11.3 Å². The average molecular weight is 200 g/mol. The van der Waals surface area contributed by atoms with Crippen molar-refractivity contribution in [3.8, 4) is 0 Å². The summed E-state index contributed by atoms with van der Waals surface area (Å²) in [5, 5.41) is 2.95. The van der Waals surface area contributed by atoms with E-state index < -0.39 is 6.09 Å². The second-order valence-electron chi connectivity index (χ2n) is 2.42. The van der Waals surface area contributed by atoms with Gasteiger partial charge in [0.05, 0.1) is 0 Å². The first-order valence-electron chi connectivity index (χ1n) is 3.82. The Hall–Kier alpha value is -1.22. The van der Waals surface area contributed by atoms with Crippen LogP contribution in [0.25, 0.3) is 0 Å². The molecule has 0 saturated heterocycles. The van der Waals surface area contributed by atoms with Gasteiger partial charge >= 0.3 is 6.09 Å². The van der Waals surface area contributed by atoms with Gasteiger partial charge in [0.15, 0.2) is 0 Å². The molecule has 0 heterocycles. The van der Waals surface area contributed by atoms with E-state index in [9.17, 15) is 4.79 Å². The van der Waals surface area contributed by atoms with Crippen molar-refractivity contribution in [3.05, 3.63) is 34.9 Å². The minimum absolute atomic E-state index is 0.194. The maximum absolute atomic E-state index is 10.7. The number of halogens is 1. The van der Waals surface area contributed by atoms with Crippen molar-refractivity contribution in [2.24, 2.45) is 0 Å². The lowest BCUT2D eigenvalue weighted by atomic mass is 10.2. The maximum atomic E-state index is 10.7. The molecule has 1 rings (SSSR count). The molecule has 0 bridgehead atoms. The molecule has 1 aromatic carbocycles. The highest BCUT2D eigenvalue weighted by atomic mass is 35.5. The summed E-state index contributed by atoms with van der Waals surface area (Å²) in [6.45, 7) is 0.194. The van der Waals surface area contributed by atoms with Crippen LogP contribution < -0.4 is 5.32 Å². The van der Waals surface area contributed by atoms with E-state index in [1.54, 1.807) is 6.07 Å². The fourth-order valence-corrected chi connectivity index (χ4v) is 1.02. The third-order valence-corrected chi connectivity index (χ3v) is 1.89. The lowest BCUT2D eigenvalue weighted by molar-refractivity contribution is 0.142. The summed E-state index contributed by atoms with van der Waals surface area (Å²) in [4.78, 5) is 10.7. The van der Waals surface area contributed by atoms with Gasteiger partial charge in [-0.2, -0.15) is 0 Å². The molecule has 4 heteroatoms. The first-order chi connectivity index (χ1) is 6.24. The van der Waals surface area contributed by atoms with Gasteiger partial charge in [0, 0.05) is 17.6 Å². The van der Waals surface area contributed by atoms with Gasteiger partial charge in [-0.05, 0) is 6.07 Å². The van der Waals surface area contributed by atoms with Gasteiger partial charge in [-0.1, -0.05) is 29.8 Å². The Bertz CT molecular complexity index is 301. The van der Waals surface area contributed by atoms with Gasteiger partial charge in [0.2, 0.25) is 0 Å². The van der Waals surface area contributed by atoms with Gasteiger partial charge in [0.25, 0.3) is 0 Å². The van der Waals surface area contributed by atoms with Crippen LogP contribution in [-0.4, -0.2) is 13.1 Å². The Labute approximate surface area is 81.7 Å². The smallest absolute Gasteiger partial charge is 0.407 e. The van der Waals surface area contributed by atoms with Crippen molar-refractivity contribution < 1.29 is 9.53 Å². The van der Waals surface area contributed by atoms with E-state index in [4.69, 9.17) is 16.3 Å². The largest absolute Gasteiger partial charge is 0.445 e. The van der Waals surface area contributed by atoms with Gasteiger partial charge in [0.1, 0.15) is 6.61 Å². The number of amides is 1. The molecule has 1 N–H and O–H groups in total. The Morgan fingerprint density at radius 3 is 2.85 bits per heavy atom. The Morgan fingerprint density at radius 1 is 1.54 bits per heavy atom. The normalized spacial score (nSPS) is 9.38. The number of benzene rings is 1. The number of carbonyl (C=O) groups excluding carboxylic acids is 1. The number of alkyl carbamates (subject to hydrolysis) is 1. The van der Waals surface area contributed by atoms with Crippen LogP contribution in [0.2, 0.25) is 5.02 Å². The molecular weight excluding hydrogens is 190 g/mol. The highest BCUT2D eigenvalue weighted by Gasteiger charge is 2.01. The highest BCUT2D eigenvalue weighted by molar-refractivity contribution is 6.31. The molecule has 0 radical (unpaired) electrons. The highest BCUT2D eigenvalue weighted by Crippen LogP contribution is 2.15. The molecule has 0 aliphatic carbocycles. The van der Waals surface area contributed by atoms with Crippen molar-refractivity contribution in [3.63, 3.8) is 0 Å². The van der Waals surface area contributed by atoms with Crippen LogP contribution in [0.1, 0.15) is 5.56 Å². The molecule has 0 unspecified atom stereocenters. The van der Waals surface area contributed by atoms with Gasteiger partial charge < -0.3 is 10.1 Å². The summed E-state index contributed by atoms with van der Waals surface area (Å²) in [6, 6.07) is 7.23. The van der Waals surface area contributed by atoms with E-state index in [0.717, 1.165) is 5.56 Å². The number of rotatable bonds is 2. The van der Waals surface area contributed by atoms with Crippen LogP contribution in [0.15, 0.2) is 24.3 Å². The summed E-state index contributed by atoms with van der Waals surface area (Å²) in [7, 11) is 1.51. The monoisotopic (exact) mass is 199 g/mol. The zero-order valence-corrected chi connectivity index (χ0v) is 7.97. The van der Waals surface area contributed by atoms with Gasteiger partial charge in [-0.3, -0.25) is 0 Å². The van der Waals surface area contributed by atoms with Crippen LogP contribution in [0.4, 0.5) is 4.79 Å². The molecule has 0 saturated carbocycles. The summed E-state index contributed by atoms with van der Waals surface area (Å²) in [6.07, 6.45) is -0.458. The number of nitrogens with one attached hydrogen (secondary N) is 1. The molecule has 1 aromatic rings. The van der Waals surface area contributed by atoms with Gasteiger partial charge in [-0.15, -0.1) is 0 Å². The van der Waals surface area contributed by atoms with E-state index in [2.05, 4.69) is 5.32 Å². The molecule has 0 atom stereocenters. The lowest BCUT2D eigenvalue weighted by Crippen LogP contribution is -2.18. The van der Waals surface area contributed by atoms with Crippen LogP contribution in [0.3, 0.4) is 0 Å². The topological polar surface area (TPSA) is 38.3 Å². The zero-order valence-electron chi connectivity index (χ0n) is 7.21. The number of ether oxygens (including phenoxy) is 1. The average Bonchev–Trinajstić information content (AvgIpc) is 2.16. The summed E-state index contributed by atoms with van der Waals surface area (Å²) < 4.78 is 4.82. The Balaban J connectivity index is 2.54. The first kappa shape index (κ1) is 9.86. The van der Waals surface area contributed by atoms with Crippen molar-refractivity contribution in [2.45, 2.75) is 6.61 Å². The molecule has 1 amide bonds. The number of hydrogen-bond acceptors (Lipinski definition) is 2. The molecular formula is C9H10ClNO2. The quantitative estimate of drug-likeness (QED) is 0.793. The van der Waals surface area contributed by atoms with Crippen LogP contribution in [0, 0.1) is 0 Å². The van der Waals surface area contributed by atoms with Crippen molar-refractivity contribution in [1.29, 1.82) is 0 Å². The van der Waals surface area contributed by atoms with E-state index in [-0.39, 0.29) is 6.61 Å². The Morgan fingerprint density at radius 2 is 2.23 bits per heavy atom. The molecule has 3 nitrogen and oxygen atoms in total. The minimum Gasteiger partial charge on any atom is -0.445 e. The molecule has 13 heavy (non-hydrogen) atoms. The third-order valence-electron chi connectivity index (χ3n) is 1.52. The van der Waals surface area contributed by atoms with E-state index in [1.807, 2.05) is 18.2 Å². The van der Waals surface area contributed by atoms with E-state index in [0.29, 0.717) is 5.02 Å². The van der Waals surface area contributed by atoms with E-state index >= 15 is 0 Å². The SMILES string of the molecule is CNC(=O)OCc1ccccc1Cl. The third kappa shape index (κ3) is 2.95. The fourth-order valence-electron chi connectivity index (χ4n) is 0.831. The van der Waals surface area contributed by atoms with E-state index in [1.165, 1.54) is 7.05 Å². The predicted octanol–water partition coefficient (Wildman–Crippen LogP) is 2.20. The maximum Gasteiger partial charge on any atom is 0.407 e. The Kier molecular flexibility index (Phi) is 3.58. The van der Waals surface area contributed by atoms with Gasteiger partial charge in [-0.25, -0.2) is 4.79 Å². The lowest BCUT2D eigenvalue weighted by Gasteiger charge is -2.04. The summed E-state index contributed by atoms with van der Waals surface area (Å²) in [5.74, 6) is 0. The predicted molar refractivity (Wildman–Crippen MR) is 50.7 cm³/mol. The molecule has 70 valence electrons. The summed E-state index contributed by atoms with van der Waals surface area (Å²) in [5.41, 5.74) is 0.799. The van der Waals surface area contributed by atoms with Crippen LogP contribution >= 0.6 is 11.6 Å². The van der Waals surface area contributed by atoms with Crippen molar-refractivity contribution >= 4 is 17.7 Å².